The number of ether oxygens (including phenoxy) is 2. The summed E-state index contributed by atoms with van der Waals surface area (Å²) in [6.45, 7) is -0.292. The maximum atomic E-state index is 12.3. The van der Waals surface area contributed by atoms with E-state index in [2.05, 4.69) is 20.7 Å². The summed E-state index contributed by atoms with van der Waals surface area (Å²) in [5.74, 6) is -0.0648. The molecule has 3 aromatic rings. The van der Waals surface area contributed by atoms with Gasteiger partial charge >= 0.3 is 0 Å². The molecule has 0 saturated carbocycles. The predicted octanol–water partition coefficient (Wildman–Crippen LogP) is 1.79. The number of amides is 1. The lowest BCUT2D eigenvalue weighted by atomic mass is 10.1. The number of benzene rings is 2. The quantitative estimate of drug-likeness (QED) is 0.462. The summed E-state index contributed by atoms with van der Waals surface area (Å²) in [6.07, 6.45) is 1.52. The summed E-state index contributed by atoms with van der Waals surface area (Å²) < 4.78 is 10.7. The normalized spacial score (nSPS) is 10.7. The molecule has 2 aromatic carbocycles. The number of carbonyl (C=O) groups excluding carboxylic acids is 2. The Balaban J connectivity index is 1.81. The molecular weight excluding hydrogens is 374 g/mol. The Labute approximate surface area is 166 Å². The lowest BCUT2D eigenvalue weighted by Gasteiger charge is -2.06. The number of carbonyl (C=O) groups is 2. The van der Waals surface area contributed by atoms with Gasteiger partial charge in [0.15, 0.2) is 12.4 Å². The van der Waals surface area contributed by atoms with E-state index in [1.165, 1.54) is 13.3 Å². The maximum Gasteiger partial charge on any atom is 0.277 e. The highest BCUT2D eigenvalue weighted by Gasteiger charge is 2.21. The van der Waals surface area contributed by atoms with Crippen LogP contribution >= 0.6 is 0 Å². The molecule has 0 aliphatic carbocycles. The van der Waals surface area contributed by atoms with Gasteiger partial charge in [0.1, 0.15) is 5.75 Å². The first-order valence-corrected chi connectivity index (χ1v) is 8.69. The number of hydrogen-bond acceptors (Lipinski definition) is 7. The van der Waals surface area contributed by atoms with Gasteiger partial charge in [0.05, 0.1) is 13.3 Å². The third kappa shape index (κ3) is 4.83. The molecule has 3 rings (SSSR count). The highest BCUT2D eigenvalue weighted by atomic mass is 16.5. The first kappa shape index (κ1) is 19.7. The summed E-state index contributed by atoms with van der Waals surface area (Å²) in [5, 5.41) is 14.3. The highest BCUT2D eigenvalue weighted by Crippen LogP contribution is 2.17. The molecule has 0 atom stereocenters. The average Bonchev–Trinajstić information content (AvgIpc) is 3.19. The Bertz CT molecular complexity index is 1010. The van der Waals surface area contributed by atoms with Crippen molar-refractivity contribution in [1.82, 2.24) is 20.4 Å². The Morgan fingerprint density at radius 3 is 2.52 bits per heavy atom. The van der Waals surface area contributed by atoms with E-state index in [4.69, 9.17) is 9.47 Å². The molecule has 1 aromatic heterocycles. The SMILES string of the molecule is CNC(=O)c1nnn(N=Cc2ccc(OC)cc2)c1OCC(=O)c1ccccc1. The Hall–Kier alpha value is -4.01. The van der Waals surface area contributed by atoms with Crippen LogP contribution < -0.4 is 14.8 Å². The van der Waals surface area contributed by atoms with Crippen molar-refractivity contribution >= 4 is 17.9 Å². The Morgan fingerprint density at radius 2 is 1.86 bits per heavy atom. The van der Waals surface area contributed by atoms with Crippen LogP contribution in [-0.4, -0.2) is 53.8 Å². The van der Waals surface area contributed by atoms with E-state index in [9.17, 15) is 9.59 Å². The molecule has 1 amide bonds. The minimum atomic E-state index is -0.502. The van der Waals surface area contributed by atoms with Crippen molar-refractivity contribution in [2.24, 2.45) is 5.10 Å². The van der Waals surface area contributed by atoms with Crippen LogP contribution in [0.1, 0.15) is 26.4 Å². The van der Waals surface area contributed by atoms with Gasteiger partial charge < -0.3 is 14.8 Å². The number of rotatable bonds is 8. The van der Waals surface area contributed by atoms with Gasteiger partial charge in [0.2, 0.25) is 5.69 Å². The zero-order valence-electron chi connectivity index (χ0n) is 15.9. The molecule has 29 heavy (non-hydrogen) atoms. The van der Waals surface area contributed by atoms with Gasteiger partial charge in [-0.05, 0) is 35.0 Å². The van der Waals surface area contributed by atoms with E-state index >= 15 is 0 Å². The standard InChI is InChI=1S/C20H19N5O4/c1-21-19(27)18-20(29-13-17(26)15-6-4-3-5-7-15)25(24-23-18)22-12-14-8-10-16(28-2)11-9-14/h3-12H,13H2,1-2H3,(H,21,27). The van der Waals surface area contributed by atoms with Gasteiger partial charge in [-0.2, -0.15) is 5.10 Å². The minimum Gasteiger partial charge on any atom is -0.497 e. The van der Waals surface area contributed by atoms with Crippen molar-refractivity contribution in [3.63, 3.8) is 0 Å². The molecular formula is C20H19N5O4. The molecule has 9 nitrogen and oxygen atoms in total. The van der Waals surface area contributed by atoms with Gasteiger partial charge in [-0.25, -0.2) is 0 Å². The van der Waals surface area contributed by atoms with Crippen LogP contribution in [0, 0.1) is 0 Å². The van der Waals surface area contributed by atoms with E-state index < -0.39 is 5.91 Å². The summed E-state index contributed by atoms with van der Waals surface area (Å²) >= 11 is 0. The zero-order chi connectivity index (χ0) is 20.6. The first-order valence-electron chi connectivity index (χ1n) is 8.69. The molecule has 0 spiro atoms. The lowest BCUT2D eigenvalue weighted by molar-refractivity contribution is 0.0898. The topological polar surface area (TPSA) is 108 Å². The Morgan fingerprint density at radius 1 is 1.14 bits per heavy atom. The van der Waals surface area contributed by atoms with Gasteiger partial charge in [-0.15, -0.1) is 5.10 Å². The van der Waals surface area contributed by atoms with E-state index in [0.717, 1.165) is 10.4 Å². The number of hydrogen-bond donors (Lipinski definition) is 1. The second kappa shape index (κ2) is 9.27. The number of nitrogens with one attached hydrogen (secondary N) is 1. The van der Waals surface area contributed by atoms with Crippen molar-refractivity contribution in [1.29, 1.82) is 0 Å². The number of methoxy groups -OCH3 is 1. The van der Waals surface area contributed by atoms with Gasteiger partial charge in [-0.3, -0.25) is 9.59 Å². The number of nitrogens with zero attached hydrogens (tertiary/aromatic N) is 4. The maximum absolute atomic E-state index is 12.3. The van der Waals surface area contributed by atoms with E-state index in [-0.39, 0.29) is 24.0 Å². The van der Waals surface area contributed by atoms with Crippen LogP contribution in [0.25, 0.3) is 0 Å². The second-order valence-electron chi connectivity index (χ2n) is 5.81. The van der Waals surface area contributed by atoms with Gasteiger partial charge in [0.25, 0.3) is 11.8 Å². The molecule has 9 heteroatoms. The Kier molecular flexibility index (Phi) is 6.31. The van der Waals surface area contributed by atoms with Crippen molar-refractivity contribution in [3.8, 4) is 11.6 Å². The number of aromatic nitrogens is 3. The fraction of sp³-hybridized carbons (Fsp3) is 0.150. The molecule has 0 fully saturated rings. The monoisotopic (exact) mass is 393 g/mol. The average molecular weight is 393 g/mol. The molecule has 1 heterocycles. The zero-order valence-corrected chi connectivity index (χ0v) is 15.9. The summed E-state index contributed by atoms with van der Waals surface area (Å²) in [7, 11) is 3.04. The first-order chi connectivity index (χ1) is 14.1. The van der Waals surface area contributed by atoms with Gasteiger partial charge in [0, 0.05) is 12.6 Å². The van der Waals surface area contributed by atoms with Crippen LogP contribution in [0.15, 0.2) is 59.7 Å². The molecule has 0 aliphatic rings. The van der Waals surface area contributed by atoms with Crippen molar-refractivity contribution in [3.05, 3.63) is 71.4 Å². The van der Waals surface area contributed by atoms with Gasteiger partial charge in [-0.1, -0.05) is 35.1 Å². The summed E-state index contributed by atoms with van der Waals surface area (Å²) in [5.41, 5.74) is 1.20. The molecule has 0 unspecified atom stereocenters. The second-order valence-corrected chi connectivity index (χ2v) is 5.81. The van der Waals surface area contributed by atoms with Crippen LogP contribution in [0.2, 0.25) is 0 Å². The summed E-state index contributed by atoms with van der Waals surface area (Å²) in [4.78, 5) is 25.4. The fourth-order valence-electron chi connectivity index (χ4n) is 2.38. The van der Waals surface area contributed by atoms with Crippen molar-refractivity contribution in [2.45, 2.75) is 0 Å². The van der Waals surface area contributed by atoms with E-state index in [0.29, 0.717) is 11.3 Å². The van der Waals surface area contributed by atoms with Crippen molar-refractivity contribution in [2.75, 3.05) is 20.8 Å². The van der Waals surface area contributed by atoms with E-state index in [1.807, 2.05) is 6.07 Å². The van der Waals surface area contributed by atoms with Crippen LogP contribution in [0.4, 0.5) is 0 Å². The molecule has 0 saturated heterocycles. The molecule has 1 N–H and O–H groups in total. The van der Waals surface area contributed by atoms with Crippen molar-refractivity contribution < 1.29 is 19.1 Å². The highest BCUT2D eigenvalue weighted by molar-refractivity contribution is 5.97. The van der Waals surface area contributed by atoms with Crippen LogP contribution in [0.3, 0.4) is 0 Å². The largest absolute Gasteiger partial charge is 0.497 e. The third-order valence-electron chi connectivity index (χ3n) is 3.92. The summed E-state index contributed by atoms with van der Waals surface area (Å²) in [6, 6.07) is 15.9. The molecule has 148 valence electrons. The lowest BCUT2D eigenvalue weighted by Crippen LogP contribution is -2.21. The smallest absolute Gasteiger partial charge is 0.277 e. The number of ketones is 1. The molecule has 0 radical (unpaired) electrons. The number of Topliss-reactive ketones (excluding diaryl/α,β-unsaturated/α-hetero) is 1. The minimum absolute atomic E-state index is 0.0293. The van der Waals surface area contributed by atoms with Crippen LogP contribution in [-0.2, 0) is 0 Å². The van der Waals surface area contributed by atoms with Crippen LogP contribution in [0.5, 0.6) is 11.6 Å². The molecule has 0 bridgehead atoms. The predicted molar refractivity (Wildman–Crippen MR) is 106 cm³/mol. The van der Waals surface area contributed by atoms with E-state index in [1.54, 1.807) is 55.6 Å². The molecule has 0 aliphatic heterocycles. The fourth-order valence-corrected chi connectivity index (χ4v) is 2.38. The third-order valence-corrected chi connectivity index (χ3v) is 3.92.